The van der Waals surface area contributed by atoms with Crippen molar-refractivity contribution in [1.29, 1.82) is 0 Å². The van der Waals surface area contributed by atoms with Crippen molar-refractivity contribution in [1.82, 2.24) is 4.98 Å². The molecule has 1 aromatic heterocycles. The first-order valence-corrected chi connectivity index (χ1v) is 9.77. The monoisotopic (exact) mass is 373 g/mol. The van der Waals surface area contributed by atoms with Gasteiger partial charge in [-0.25, -0.2) is 4.79 Å². The molecule has 1 aliphatic rings. The molecule has 0 fully saturated rings. The zero-order valence-electron chi connectivity index (χ0n) is 16.2. The van der Waals surface area contributed by atoms with Crippen LogP contribution in [0.15, 0.2) is 48.5 Å². The van der Waals surface area contributed by atoms with Gasteiger partial charge in [0.1, 0.15) is 0 Å². The second-order valence-corrected chi connectivity index (χ2v) is 7.41. The highest BCUT2D eigenvalue weighted by Crippen LogP contribution is 2.30. The van der Waals surface area contributed by atoms with Gasteiger partial charge in [-0.15, -0.1) is 0 Å². The Morgan fingerprint density at radius 2 is 1.71 bits per heavy atom. The van der Waals surface area contributed by atoms with E-state index in [4.69, 9.17) is 9.72 Å². The Morgan fingerprint density at radius 1 is 1.00 bits per heavy atom. The summed E-state index contributed by atoms with van der Waals surface area (Å²) in [4.78, 5) is 30.6. The van der Waals surface area contributed by atoms with Crippen molar-refractivity contribution in [3.63, 3.8) is 0 Å². The van der Waals surface area contributed by atoms with E-state index >= 15 is 0 Å². The molecule has 1 aliphatic carbocycles. The van der Waals surface area contributed by atoms with Gasteiger partial charge in [0.15, 0.2) is 6.10 Å². The van der Waals surface area contributed by atoms with Gasteiger partial charge in [-0.05, 0) is 51.2 Å². The molecule has 2 aromatic carbocycles. The van der Waals surface area contributed by atoms with Gasteiger partial charge in [0, 0.05) is 16.6 Å². The minimum atomic E-state index is -0.846. The number of pyridine rings is 1. The number of carbonyl (C=O) groups is 2. The highest BCUT2D eigenvalue weighted by Gasteiger charge is 2.26. The predicted molar refractivity (Wildman–Crippen MR) is 109 cm³/mol. The first-order valence-electron chi connectivity index (χ1n) is 9.77. The van der Waals surface area contributed by atoms with Crippen LogP contribution in [0, 0.1) is 6.92 Å². The molecule has 142 valence electrons. The third-order valence-electron chi connectivity index (χ3n) is 5.36. The first-order chi connectivity index (χ1) is 13.5. The van der Waals surface area contributed by atoms with Crippen molar-refractivity contribution in [3.05, 3.63) is 76.5 Å². The number of aryl methyl sites for hydroxylation is 2. The number of hydrogen-bond acceptors (Lipinski definition) is 4. The van der Waals surface area contributed by atoms with Crippen LogP contribution in [-0.2, 0) is 17.6 Å². The normalized spacial score (nSPS) is 14.4. The lowest BCUT2D eigenvalue weighted by atomic mass is 9.90. The molecule has 28 heavy (non-hydrogen) atoms. The number of fused-ring (bicyclic) bond motifs is 2. The summed E-state index contributed by atoms with van der Waals surface area (Å²) in [6.07, 6.45) is 2.96. The standard InChI is InChI=1S/C24H23NO3/c1-15-11-13-17(14-12-15)23(26)16(2)28-24(27)22-18-7-3-5-9-20(18)25-21-10-6-4-8-19(21)22/h3,5,7,9,11-14,16H,4,6,8,10H2,1-2H3/t16-/m1/s1. The predicted octanol–water partition coefficient (Wildman–Crippen LogP) is 4.85. The minimum absolute atomic E-state index is 0.194. The summed E-state index contributed by atoms with van der Waals surface area (Å²) in [6.45, 7) is 3.60. The summed E-state index contributed by atoms with van der Waals surface area (Å²) in [5.74, 6) is -0.634. The SMILES string of the molecule is Cc1ccc(C(=O)[C@@H](C)OC(=O)c2c3c(nc4ccccc24)CCCC3)cc1. The van der Waals surface area contributed by atoms with Gasteiger partial charge < -0.3 is 4.74 Å². The van der Waals surface area contributed by atoms with Gasteiger partial charge in [0.05, 0.1) is 11.1 Å². The Bertz CT molecular complexity index is 1050. The van der Waals surface area contributed by atoms with Crippen LogP contribution in [0.3, 0.4) is 0 Å². The van der Waals surface area contributed by atoms with Gasteiger partial charge in [0.25, 0.3) is 0 Å². The Morgan fingerprint density at radius 3 is 2.50 bits per heavy atom. The molecular weight excluding hydrogens is 350 g/mol. The van der Waals surface area contributed by atoms with Crippen molar-refractivity contribution >= 4 is 22.7 Å². The van der Waals surface area contributed by atoms with Crippen molar-refractivity contribution in [2.75, 3.05) is 0 Å². The molecular formula is C24H23NO3. The number of carbonyl (C=O) groups excluding carboxylic acids is 2. The molecule has 0 aliphatic heterocycles. The number of ketones is 1. The Hall–Kier alpha value is -3.01. The number of Topliss-reactive ketones (excluding diaryl/α,β-unsaturated/α-hetero) is 1. The van der Waals surface area contributed by atoms with Crippen LogP contribution < -0.4 is 0 Å². The van der Waals surface area contributed by atoms with Gasteiger partial charge in [-0.1, -0.05) is 48.0 Å². The highest BCUT2D eigenvalue weighted by molar-refractivity contribution is 6.07. The van der Waals surface area contributed by atoms with E-state index in [1.807, 2.05) is 43.3 Å². The zero-order valence-corrected chi connectivity index (χ0v) is 16.2. The van der Waals surface area contributed by atoms with E-state index in [1.165, 1.54) is 0 Å². The third kappa shape index (κ3) is 3.42. The van der Waals surface area contributed by atoms with E-state index < -0.39 is 12.1 Å². The number of esters is 1. The molecule has 1 heterocycles. The largest absolute Gasteiger partial charge is 0.451 e. The fourth-order valence-corrected chi connectivity index (χ4v) is 3.83. The molecule has 0 N–H and O–H groups in total. The molecule has 0 unspecified atom stereocenters. The summed E-state index contributed by atoms with van der Waals surface area (Å²) in [5.41, 5.74) is 4.96. The van der Waals surface area contributed by atoms with Crippen molar-refractivity contribution in [3.8, 4) is 0 Å². The molecule has 3 aromatic rings. The maximum Gasteiger partial charge on any atom is 0.339 e. The Labute approximate surface area is 164 Å². The number of hydrogen-bond donors (Lipinski definition) is 0. The summed E-state index contributed by atoms with van der Waals surface area (Å²) >= 11 is 0. The zero-order chi connectivity index (χ0) is 19.7. The summed E-state index contributed by atoms with van der Waals surface area (Å²) in [5, 5.41) is 0.795. The summed E-state index contributed by atoms with van der Waals surface area (Å²) < 4.78 is 5.64. The van der Waals surface area contributed by atoms with Crippen LogP contribution in [0.1, 0.15) is 57.3 Å². The van der Waals surface area contributed by atoms with Gasteiger partial charge in [0.2, 0.25) is 5.78 Å². The summed E-state index contributed by atoms with van der Waals surface area (Å²) in [6, 6.07) is 14.9. The van der Waals surface area contributed by atoms with Crippen molar-refractivity contribution in [2.45, 2.75) is 45.6 Å². The summed E-state index contributed by atoms with van der Waals surface area (Å²) in [7, 11) is 0. The van der Waals surface area contributed by atoms with E-state index in [1.54, 1.807) is 19.1 Å². The molecule has 0 spiro atoms. The average Bonchev–Trinajstić information content (AvgIpc) is 2.71. The fourth-order valence-electron chi connectivity index (χ4n) is 3.83. The van der Waals surface area contributed by atoms with E-state index in [9.17, 15) is 9.59 Å². The molecule has 1 atom stereocenters. The van der Waals surface area contributed by atoms with E-state index in [0.717, 1.165) is 53.4 Å². The van der Waals surface area contributed by atoms with E-state index in [0.29, 0.717) is 11.1 Å². The van der Waals surface area contributed by atoms with Crippen LogP contribution in [0.4, 0.5) is 0 Å². The van der Waals surface area contributed by atoms with Gasteiger partial charge >= 0.3 is 5.97 Å². The average molecular weight is 373 g/mol. The molecule has 0 saturated carbocycles. The number of rotatable bonds is 4. The van der Waals surface area contributed by atoms with Crippen LogP contribution in [0.25, 0.3) is 10.9 Å². The lowest BCUT2D eigenvalue weighted by Crippen LogP contribution is -2.26. The lowest BCUT2D eigenvalue weighted by Gasteiger charge is -2.21. The molecule has 0 radical (unpaired) electrons. The van der Waals surface area contributed by atoms with Crippen molar-refractivity contribution in [2.24, 2.45) is 0 Å². The Kier molecular flexibility index (Phi) is 4.95. The number of para-hydroxylation sites is 1. The molecule has 4 rings (SSSR count). The molecule has 0 amide bonds. The minimum Gasteiger partial charge on any atom is -0.451 e. The number of nitrogens with zero attached hydrogens (tertiary/aromatic N) is 1. The van der Waals surface area contributed by atoms with Crippen molar-refractivity contribution < 1.29 is 14.3 Å². The van der Waals surface area contributed by atoms with Crippen LogP contribution in [0.2, 0.25) is 0 Å². The van der Waals surface area contributed by atoms with Crippen LogP contribution in [0.5, 0.6) is 0 Å². The van der Waals surface area contributed by atoms with Crippen LogP contribution >= 0.6 is 0 Å². The second-order valence-electron chi connectivity index (χ2n) is 7.41. The highest BCUT2D eigenvalue weighted by atomic mass is 16.5. The van der Waals surface area contributed by atoms with E-state index in [2.05, 4.69) is 0 Å². The fraction of sp³-hybridized carbons (Fsp3) is 0.292. The quantitative estimate of drug-likeness (QED) is 0.484. The molecule has 0 bridgehead atoms. The topological polar surface area (TPSA) is 56.3 Å². The lowest BCUT2D eigenvalue weighted by molar-refractivity contribution is 0.0319. The Balaban J connectivity index is 1.67. The molecule has 4 heteroatoms. The maximum absolute atomic E-state index is 13.1. The van der Waals surface area contributed by atoms with Gasteiger partial charge in [-0.3, -0.25) is 9.78 Å². The maximum atomic E-state index is 13.1. The van der Waals surface area contributed by atoms with Gasteiger partial charge in [-0.2, -0.15) is 0 Å². The van der Waals surface area contributed by atoms with Crippen LogP contribution in [-0.4, -0.2) is 22.8 Å². The number of aromatic nitrogens is 1. The molecule has 4 nitrogen and oxygen atoms in total. The number of ether oxygens (including phenoxy) is 1. The smallest absolute Gasteiger partial charge is 0.339 e. The van der Waals surface area contributed by atoms with E-state index in [-0.39, 0.29) is 5.78 Å². The third-order valence-corrected chi connectivity index (χ3v) is 5.36. The first kappa shape index (κ1) is 18.4. The molecule has 0 saturated heterocycles. The number of benzene rings is 2. The second kappa shape index (κ2) is 7.55.